The van der Waals surface area contributed by atoms with Gasteiger partial charge in [-0.15, -0.1) is 34.0 Å². The molecule has 3 heterocycles. The van der Waals surface area contributed by atoms with Gasteiger partial charge in [0.05, 0.1) is 0 Å². The van der Waals surface area contributed by atoms with Crippen LogP contribution in [0.1, 0.15) is 15.9 Å². The summed E-state index contributed by atoms with van der Waals surface area (Å²) < 4.78 is 2.54. The van der Waals surface area contributed by atoms with Crippen molar-refractivity contribution in [2.75, 3.05) is 0 Å². The SMILES string of the molecule is OC(c1cccs1)c1cc2sccc2s1. The minimum absolute atomic E-state index is 0.449. The third kappa shape index (κ3) is 1.63. The van der Waals surface area contributed by atoms with Crippen LogP contribution in [0.5, 0.6) is 0 Å². The molecule has 0 saturated carbocycles. The minimum atomic E-state index is -0.449. The van der Waals surface area contributed by atoms with Gasteiger partial charge in [0.2, 0.25) is 0 Å². The van der Waals surface area contributed by atoms with Crippen LogP contribution >= 0.6 is 34.0 Å². The summed E-state index contributed by atoms with van der Waals surface area (Å²) in [4.78, 5) is 2.06. The summed E-state index contributed by atoms with van der Waals surface area (Å²) in [6, 6.07) is 8.15. The van der Waals surface area contributed by atoms with Gasteiger partial charge in [-0.1, -0.05) is 6.07 Å². The molecular formula is C11H8OS3. The van der Waals surface area contributed by atoms with Crippen molar-refractivity contribution in [3.8, 4) is 0 Å². The summed E-state index contributed by atoms with van der Waals surface area (Å²) in [5.74, 6) is 0. The average Bonchev–Trinajstić information content (AvgIpc) is 2.92. The van der Waals surface area contributed by atoms with Gasteiger partial charge in [-0.2, -0.15) is 0 Å². The standard InChI is InChI=1S/C11H8OS3/c12-11(8-2-1-4-13-8)10-6-9-7(15-10)3-5-14-9/h1-6,11-12H. The first-order valence-corrected chi connectivity index (χ1v) is 7.10. The van der Waals surface area contributed by atoms with E-state index in [4.69, 9.17) is 0 Å². The number of hydrogen-bond donors (Lipinski definition) is 1. The molecule has 0 spiro atoms. The molecule has 15 heavy (non-hydrogen) atoms. The van der Waals surface area contributed by atoms with Gasteiger partial charge >= 0.3 is 0 Å². The Kier molecular flexibility index (Phi) is 2.36. The topological polar surface area (TPSA) is 20.2 Å². The number of aliphatic hydroxyl groups excluding tert-OH is 1. The van der Waals surface area contributed by atoms with Gasteiger partial charge < -0.3 is 5.11 Å². The summed E-state index contributed by atoms with van der Waals surface area (Å²) in [6.45, 7) is 0. The van der Waals surface area contributed by atoms with Crippen LogP contribution in [0.4, 0.5) is 0 Å². The predicted molar refractivity (Wildman–Crippen MR) is 68.1 cm³/mol. The number of hydrogen-bond acceptors (Lipinski definition) is 4. The maximum Gasteiger partial charge on any atom is 0.122 e. The molecule has 4 heteroatoms. The summed E-state index contributed by atoms with van der Waals surface area (Å²) in [7, 11) is 0. The number of rotatable bonds is 2. The Balaban J connectivity index is 2.03. The second kappa shape index (κ2) is 3.72. The van der Waals surface area contributed by atoms with Gasteiger partial charge in [0.25, 0.3) is 0 Å². The Morgan fingerprint density at radius 1 is 1.00 bits per heavy atom. The van der Waals surface area contributed by atoms with Crippen LogP contribution in [0.25, 0.3) is 9.40 Å². The zero-order valence-electron chi connectivity index (χ0n) is 7.71. The van der Waals surface area contributed by atoms with Crippen molar-refractivity contribution in [2.45, 2.75) is 6.10 Å². The van der Waals surface area contributed by atoms with Crippen LogP contribution < -0.4 is 0 Å². The fourth-order valence-electron chi connectivity index (χ4n) is 1.51. The van der Waals surface area contributed by atoms with Gasteiger partial charge in [0.1, 0.15) is 6.10 Å². The zero-order chi connectivity index (χ0) is 10.3. The highest BCUT2D eigenvalue weighted by Gasteiger charge is 2.14. The lowest BCUT2D eigenvalue weighted by Crippen LogP contribution is -1.92. The van der Waals surface area contributed by atoms with Crippen molar-refractivity contribution in [2.24, 2.45) is 0 Å². The normalized spacial score (nSPS) is 13.4. The molecule has 0 aliphatic carbocycles. The Hall–Kier alpha value is -0.680. The smallest absolute Gasteiger partial charge is 0.122 e. The van der Waals surface area contributed by atoms with E-state index in [-0.39, 0.29) is 0 Å². The molecule has 1 unspecified atom stereocenters. The van der Waals surface area contributed by atoms with E-state index in [1.54, 1.807) is 34.0 Å². The molecular weight excluding hydrogens is 244 g/mol. The molecule has 0 aliphatic heterocycles. The van der Waals surface area contributed by atoms with E-state index in [0.29, 0.717) is 0 Å². The van der Waals surface area contributed by atoms with Crippen LogP contribution in [0.3, 0.4) is 0 Å². The zero-order valence-corrected chi connectivity index (χ0v) is 10.2. The van der Waals surface area contributed by atoms with Crippen LogP contribution in [-0.2, 0) is 0 Å². The first kappa shape index (κ1) is 9.54. The van der Waals surface area contributed by atoms with Crippen molar-refractivity contribution in [1.29, 1.82) is 0 Å². The van der Waals surface area contributed by atoms with Gasteiger partial charge in [-0.05, 0) is 29.0 Å². The van der Waals surface area contributed by atoms with Gasteiger partial charge in [-0.25, -0.2) is 0 Å². The Morgan fingerprint density at radius 3 is 2.67 bits per heavy atom. The summed E-state index contributed by atoms with van der Waals surface area (Å²) in [6.07, 6.45) is -0.449. The fourth-order valence-corrected chi connectivity index (χ4v) is 4.43. The van der Waals surface area contributed by atoms with Crippen molar-refractivity contribution < 1.29 is 5.11 Å². The lowest BCUT2D eigenvalue weighted by atomic mass is 10.2. The molecule has 3 aromatic heterocycles. The molecule has 1 nitrogen and oxygen atoms in total. The summed E-state index contributed by atoms with van der Waals surface area (Å²) >= 11 is 5.00. The van der Waals surface area contributed by atoms with E-state index >= 15 is 0 Å². The van der Waals surface area contributed by atoms with Crippen LogP contribution in [0, 0.1) is 0 Å². The average molecular weight is 252 g/mol. The van der Waals surface area contributed by atoms with Crippen LogP contribution in [0.2, 0.25) is 0 Å². The molecule has 0 aliphatic rings. The number of thiophene rings is 3. The van der Waals surface area contributed by atoms with Gasteiger partial charge in [0, 0.05) is 19.2 Å². The maximum atomic E-state index is 10.1. The molecule has 3 aromatic rings. The molecule has 1 atom stereocenters. The highest BCUT2D eigenvalue weighted by atomic mass is 32.1. The summed E-state index contributed by atoms with van der Waals surface area (Å²) in [5.41, 5.74) is 0. The quantitative estimate of drug-likeness (QED) is 0.728. The Bertz CT molecular complexity index is 533. The van der Waals surface area contributed by atoms with Crippen molar-refractivity contribution in [3.05, 3.63) is 44.8 Å². The van der Waals surface area contributed by atoms with Crippen molar-refractivity contribution >= 4 is 43.4 Å². The van der Waals surface area contributed by atoms with E-state index in [1.807, 2.05) is 17.5 Å². The number of aliphatic hydroxyl groups is 1. The van der Waals surface area contributed by atoms with E-state index in [0.717, 1.165) is 9.75 Å². The molecule has 76 valence electrons. The van der Waals surface area contributed by atoms with E-state index < -0.39 is 6.10 Å². The predicted octanol–water partition coefficient (Wildman–Crippen LogP) is 4.11. The van der Waals surface area contributed by atoms with E-state index in [2.05, 4.69) is 17.5 Å². The van der Waals surface area contributed by atoms with Crippen molar-refractivity contribution in [1.82, 2.24) is 0 Å². The van der Waals surface area contributed by atoms with E-state index in [9.17, 15) is 5.11 Å². The molecule has 3 rings (SSSR count). The van der Waals surface area contributed by atoms with Gasteiger partial charge in [-0.3, -0.25) is 0 Å². The Labute approximate surface area is 99.3 Å². The maximum absolute atomic E-state index is 10.1. The molecule has 0 amide bonds. The summed E-state index contributed by atoms with van der Waals surface area (Å²) in [5, 5.41) is 14.2. The second-order valence-corrected chi connectivity index (χ2v) is 6.26. The van der Waals surface area contributed by atoms with Crippen LogP contribution in [-0.4, -0.2) is 5.11 Å². The van der Waals surface area contributed by atoms with Crippen molar-refractivity contribution in [3.63, 3.8) is 0 Å². The highest BCUT2D eigenvalue weighted by molar-refractivity contribution is 7.27. The molecule has 0 bridgehead atoms. The molecule has 1 N–H and O–H groups in total. The molecule has 0 fully saturated rings. The molecule has 0 aromatic carbocycles. The molecule has 0 radical (unpaired) electrons. The molecule has 0 saturated heterocycles. The van der Waals surface area contributed by atoms with E-state index in [1.165, 1.54) is 9.40 Å². The lowest BCUT2D eigenvalue weighted by molar-refractivity contribution is 0.228. The Morgan fingerprint density at radius 2 is 1.93 bits per heavy atom. The highest BCUT2D eigenvalue weighted by Crippen LogP contribution is 2.36. The monoisotopic (exact) mass is 252 g/mol. The second-order valence-electron chi connectivity index (χ2n) is 3.22. The first-order chi connectivity index (χ1) is 7.34. The number of fused-ring (bicyclic) bond motifs is 1. The fraction of sp³-hybridized carbons (Fsp3) is 0.0909. The lowest BCUT2D eigenvalue weighted by Gasteiger charge is -2.04. The largest absolute Gasteiger partial charge is 0.382 e. The first-order valence-electron chi connectivity index (χ1n) is 4.53. The third-order valence-corrected chi connectivity index (χ3v) is 5.31. The van der Waals surface area contributed by atoms with Crippen LogP contribution in [0.15, 0.2) is 35.0 Å². The minimum Gasteiger partial charge on any atom is -0.382 e. The third-order valence-electron chi connectivity index (χ3n) is 2.24. The van der Waals surface area contributed by atoms with Gasteiger partial charge in [0.15, 0.2) is 0 Å².